The smallest absolute Gasteiger partial charge is 0.203 e. The van der Waals surface area contributed by atoms with Crippen molar-refractivity contribution in [3.63, 3.8) is 0 Å². The number of methoxy groups -OCH3 is 1. The van der Waals surface area contributed by atoms with Crippen LogP contribution < -0.4 is 5.32 Å². The molecule has 0 amide bonds. The Balaban J connectivity index is 1.92. The van der Waals surface area contributed by atoms with Gasteiger partial charge in [0, 0.05) is 30.9 Å². The van der Waals surface area contributed by atoms with Crippen LogP contribution in [0.25, 0.3) is 0 Å². The van der Waals surface area contributed by atoms with Crippen LogP contribution in [0.1, 0.15) is 4.88 Å². The molecule has 0 fully saturated rings. The first kappa shape index (κ1) is 12.6. The number of nitrogens with one attached hydrogen (secondary N) is 1. The van der Waals surface area contributed by atoms with Gasteiger partial charge in [-0.1, -0.05) is 0 Å². The Labute approximate surface area is 113 Å². The maximum atomic E-state index is 5.06. The molecule has 2 heterocycles. The van der Waals surface area contributed by atoms with E-state index in [0.29, 0.717) is 6.61 Å². The standard InChI is InChI=1S/C11H14BrN3OS/c1-16-7-6-15-5-4-13-11(15)14-8-9-2-3-10(12)17-9/h2-5H,6-8H2,1H3,(H,13,14). The SMILES string of the molecule is COCCn1ccnc1NCc1ccc(Br)s1. The number of halogens is 1. The minimum Gasteiger partial charge on any atom is -0.383 e. The number of nitrogens with zero attached hydrogens (tertiary/aromatic N) is 2. The van der Waals surface area contributed by atoms with E-state index in [1.165, 1.54) is 4.88 Å². The lowest BCUT2D eigenvalue weighted by Crippen LogP contribution is -2.09. The van der Waals surface area contributed by atoms with Gasteiger partial charge in [0.2, 0.25) is 5.95 Å². The van der Waals surface area contributed by atoms with E-state index in [9.17, 15) is 0 Å². The fraction of sp³-hybridized carbons (Fsp3) is 0.364. The molecule has 0 aliphatic carbocycles. The van der Waals surface area contributed by atoms with E-state index < -0.39 is 0 Å². The molecular weight excluding hydrogens is 302 g/mol. The van der Waals surface area contributed by atoms with Gasteiger partial charge in [-0.2, -0.15) is 0 Å². The minimum atomic E-state index is 0.690. The van der Waals surface area contributed by atoms with Gasteiger partial charge in [0.1, 0.15) is 0 Å². The average Bonchev–Trinajstić information content (AvgIpc) is 2.92. The summed E-state index contributed by atoms with van der Waals surface area (Å²) in [5, 5.41) is 3.32. The first-order chi connectivity index (χ1) is 8.29. The van der Waals surface area contributed by atoms with Crippen LogP contribution in [0, 0.1) is 0 Å². The fourth-order valence-electron chi connectivity index (χ4n) is 1.46. The molecule has 2 rings (SSSR count). The van der Waals surface area contributed by atoms with Crippen molar-refractivity contribution in [2.45, 2.75) is 13.1 Å². The third-order valence-corrected chi connectivity index (χ3v) is 3.93. The molecular formula is C11H14BrN3OS. The lowest BCUT2D eigenvalue weighted by molar-refractivity contribution is 0.187. The second-order valence-corrected chi connectivity index (χ2v) is 6.04. The predicted octanol–water partition coefficient (Wildman–Crippen LogP) is 2.97. The Morgan fingerprint density at radius 3 is 3.12 bits per heavy atom. The van der Waals surface area contributed by atoms with E-state index in [4.69, 9.17) is 4.74 Å². The summed E-state index contributed by atoms with van der Waals surface area (Å²) in [6.07, 6.45) is 3.74. The Morgan fingerprint density at radius 2 is 2.41 bits per heavy atom. The van der Waals surface area contributed by atoms with Crippen molar-refractivity contribution in [1.29, 1.82) is 0 Å². The number of hydrogen-bond donors (Lipinski definition) is 1. The lowest BCUT2D eigenvalue weighted by atomic mass is 10.5. The van der Waals surface area contributed by atoms with Crippen molar-refractivity contribution in [2.24, 2.45) is 0 Å². The van der Waals surface area contributed by atoms with Gasteiger partial charge in [-0.25, -0.2) is 4.98 Å². The number of imidazole rings is 1. The summed E-state index contributed by atoms with van der Waals surface area (Å²) in [6, 6.07) is 4.16. The molecule has 0 spiro atoms. The van der Waals surface area contributed by atoms with E-state index in [1.807, 2.05) is 10.8 Å². The molecule has 6 heteroatoms. The Hall–Kier alpha value is -0.850. The average molecular weight is 316 g/mol. The van der Waals surface area contributed by atoms with Crippen LogP contribution >= 0.6 is 27.3 Å². The zero-order chi connectivity index (χ0) is 12.1. The molecule has 17 heavy (non-hydrogen) atoms. The van der Waals surface area contributed by atoms with Crippen molar-refractivity contribution in [2.75, 3.05) is 19.0 Å². The van der Waals surface area contributed by atoms with E-state index in [-0.39, 0.29) is 0 Å². The molecule has 92 valence electrons. The highest BCUT2D eigenvalue weighted by molar-refractivity contribution is 9.11. The van der Waals surface area contributed by atoms with Crippen molar-refractivity contribution in [3.05, 3.63) is 33.2 Å². The molecule has 2 aromatic rings. The van der Waals surface area contributed by atoms with Crippen LogP contribution in [0.2, 0.25) is 0 Å². The number of aromatic nitrogens is 2. The van der Waals surface area contributed by atoms with Crippen LogP contribution in [0.5, 0.6) is 0 Å². The molecule has 2 aromatic heterocycles. The number of thiophene rings is 1. The summed E-state index contributed by atoms with van der Waals surface area (Å²) in [4.78, 5) is 5.56. The second-order valence-electron chi connectivity index (χ2n) is 3.50. The maximum Gasteiger partial charge on any atom is 0.203 e. The van der Waals surface area contributed by atoms with Crippen LogP contribution in [0.4, 0.5) is 5.95 Å². The van der Waals surface area contributed by atoms with Crippen molar-refractivity contribution >= 4 is 33.2 Å². The molecule has 0 aromatic carbocycles. The molecule has 0 saturated carbocycles. The van der Waals surface area contributed by atoms with Crippen molar-refractivity contribution < 1.29 is 4.74 Å². The number of hydrogen-bond acceptors (Lipinski definition) is 4. The largest absolute Gasteiger partial charge is 0.383 e. The molecule has 4 nitrogen and oxygen atoms in total. The highest BCUT2D eigenvalue weighted by Crippen LogP contribution is 2.22. The minimum absolute atomic E-state index is 0.690. The van der Waals surface area contributed by atoms with Gasteiger partial charge in [-0.15, -0.1) is 11.3 Å². The first-order valence-electron chi connectivity index (χ1n) is 5.28. The third kappa shape index (κ3) is 3.55. The zero-order valence-electron chi connectivity index (χ0n) is 9.52. The molecule has 0 saturated heterocycles. The van der Waals surface area contributed by atoms with E-state index in [2.05, 4.69) is 38.4 Å². The molecule has 0 atom stereocenters. The quantitative estimate of drug-likeness (QED) is 0.890. The molecule has 0 radical (unpaired) electrons. The van der Waals surface area contributed by atoms with Gasteiger partial charge in [0.15, 0.2) is 0 Å². The zero-order valence-corrected chi connectivity index (χ0v) is 11.9. The van der Waals surface area contributed by atoms with Crippen molar-refractivity contribution in [1.82, 2.24) is 9.55 Å². The summed E-state index contributed by atoms with van der Waals surface area (Å²) < 4.78 is 8.25. The fourth-order valence-corrected chi connectivity index (χ4v) is 2.88. The number of rotatable bonds is 6. The van der Waals surface area contributed by atoms with Crippen LogP contribution in [-0.2, 0) is 17.8 Å². The molecule has 0 aliphatic heterocycles. The molecule has 0 unspecified atom stereocenters. The van der Waals surface area contributed by atoms with Crippen LogP contribution in [0.3, 0.4) is 0 Å². The van der Waals surface area contributed by atoms with Gasteiger partial charge < -0.3 is 14.6 Å². The summed E-state index contributed by atoms with van der Waals surface area (Å²) >= 11 is 5.18. The monoisotopic (exact) mass is 315 g/mol. The van der Waals surface area contributed by atoms with Gasteiger partial charge in [-0.05, 0) is 28.1 Å². The van der Waals surface area contributed by atoms with Crippen molar-refractivity contribution in [3.8, 4) is 0 Å². The van der Waals surface area contributed by atoms with Crippen LogP contribution in [-0.4, -0.2) is 23.3 Å². The van der Waals surface area contributed by atoms with E-state index in [0.717, 1.165) is 22.8 Å². The summed E-state index contributed by atoms with van der Waals surface area (Å²) in [7, 11) is 1.70. The van der Waals surface area contributed by atoms with Gasteiger partial charge in [-0.3, -0.25) is 0 Å². The van der Waals surface area contributed by atoms with Crippen LogP contribution in [0.15, 0.2) is 28.3 Å². The second kappa shape index (κ2) is 6.18. The topological polar surface area (TPSA) is 39.1 Å². The summed E-state index contributed by atoms with van der Waals surface area (Å²) in [5.41, 5.74) is 0. The Bertz CT molecular complexity index is 469. The highest BCUT2D eigenvalue weighted by Gasteiger charge is 2.03. The lowest BCUT2D eigenvalue weighted by Gasteiger charge is -2.08. The Kier molecular flexibility index (Phi) is 4.58. The predicted molar refractivity (Wildman–Crippen MR) is 73.4 cm³/mol. The van der Waals surface area contributed by atoms with Gasteiger partial charge in [0.25, 0.3) is 0 Å². The molecule has 0 aliphatic rings. The van der Waals surface area contributed by atoms with E-state index >= 15 is 0 Å². The normalized spacial score (nSPS) is 10.7. The maximum absolute atomic E-state index is 5.06. The first-order valence-corrected chi connectivity index (χ1v) is 6.88. The third-order valence-electron chi connectivity index (χ3n) is 2.30. The highest BCUT2D eigenvalue weighted by atomic mass is 79.9. The van der Waals surface area contributed by atoms with E-state index in [1.54, 1.807) is 24.6 Å². The Morgan fingerprint density at radius 1 is 1.53 bits per heavy atom. The number of ether oxygens (including phenoxy) is 1. The molecule has 1 N–H and O–H groups in total. The summed E-state index contributed by atoms with van der Waals surface area (Å²) in [5.74, 6) is 0.881. The number of anilines is 1. The summed E-state index contributed by atoms with van der Waals surface area (Å²) in [6.45, 7) is 2.29. The van der Waals surface area contributed by atoms with Gasteiger partial charge in [0.05, 0.1) is 16.9 Å². The van der Waals surface area contributed by atoms with Gasteiger partial charge >= 0.3 is 0 Å². The molecule has 0 bridgehead atoms.